The number of carbonyl (C=O) groups excluding carboxylic acids is 1. The van der Waals surface area contributed by atoms with E-state index in [1.807, 2.05) is 19.9 Å². The molecular weight excluding hydrogens is 218 g/mol. The van der Waals surface area contributed by atoms with Crippen molar-refractivity contribution in [1.29, 1.82) is 0 Å². The number of nitrogens with two attached hydrogens (primary N) is 1. The van der Waals surface area contributed by atoms with Crippen molar-refractivity contribution in [1.82, 2.24) is 4.98 Å². The van der Waals surface area contributed by atoms with Crippen LogP contribution in [0.2, 0.25) is 0 Å². The van der Waals surface area contributed by atoms with Gasteiger partial charge in [0.05, 0.1) is 11.6 Å². The van der Waals surface area contributed by atoms with Crippen LogP contribution < -0.4 is 10.8 Å². The van der Waals surface area contributed by atoms with Crippen molar-refractivity contribution in [2.75, 3.05) is 5.06 Å². The molecule has 0 saturated carbocycles. The quantitative estimate of drug-likeness (QED) is 0.781. The topological polar surface area (TPSA) is 68.5 Å². The molecule has 1 aromatic heterocycles. The van der Waals surface area contributed by atoms with Crippen LogP contribution in [0.1, 0.15) is 24.2 Å². The maximum Gasteiger partial charge on any atom is 0.250 e. The van der Waals surface area contributed by atoms with Gasteiger partial charge in [0.1, 0.15) is 6.10 Å². The first-order chi connectivity index (χ1) is 8.08. The molecule has 0 saturated heterocycles. The highest BCUT2D eigenvalue weighted by Gasteiger charge is 2.20. The van der Waals surface area contributed by atoms with Gasteiger partial charge in [-0.25, -0.2) is 10.0 Å². The van der Waals surface area contributed by atoms with Gasteiger partial charge in [0.25, 0.3) is 0 Å². The van der Waals surface area contributed by atoms with Crippen molar-refractivity contribution in [2.24, 2.45) is 5.73 Å². The lowest BCUT2D eigenvalue weighted by atomic mass is 10.2. The summed E-state index contributed by atoms with van der Waals surface area (Å²) in [5.41, 5.74) is 5.55. The van der Waals surface area contributed by atoms with E-state index in [1.165, 1.54) is 6.20 Å². The van der Waals surface area contributed by atoms with Crippen LogP contribution in [0.25, 0.3) is 0 Å². The Balaban J connectivity index is 2.22. The van der Waals surface area contributed by atoms with Crippen molar-refractivity contribution in [3.8, 4) is 0 Å². The minimum atomic E-state index is -0.482. The van der Waals surface area contributed by atoms with E-state index < -0.39 is 5.91 Å². The molecule has 17 heavy (non-hydrogen) atoms. The Morgan fingerprint density at radius 1 is 1.41 bits per heavy atom. The van der Waals surface area contributed by atoms with E-state index in [4.69, 9.17) is 10.6 Å². The average molecular weight is 233 g/mol. The predicted octanol–water partition coefficient (Wildman–Crippen LogP) is 1.27. The molecule has 1 aliphatic heterocycles. The lowest BCUT2D eigenvalue weighted by Crippen LogP contribution is -2.38. The molecule has 2 rings (SSSR count). The molecule has 2 unspecified atom stereocenters. The Kier molecular flexibility index (Phi) is 3.10. The highest BCUT2D eigenvalue weighted by atomic mass is 16.7. The summed E-state index contributed by atoms with van der Waals surface area (Å²) < 4.78 is 0. The number of primary amides is 1. The second-order valence-electron chi connectivity index (χ2n) is 4.03. The zero-order valence-electron chi connectivity index (χ0n) is 9.83. The molecule has 5 heteroatoms. The first-order valence-corrected chi connectivity index (χ1v) is 5.48. The summed E-state index contributed by atoms with van der Waals surface area (Å²) in [6, 6.07) is 3.48. The summed E-state index contributed by atoms with van der Waals surface area (Å²) in [6.07, 6.45) is 5.52. The number of hydroxylamine groups is 1. The summed E-state index contributed by atoms with van der Waals surface area (Å²) in [4.78, 5) is 20.8. The normalized spacial score (nSPS) is 23.8. The monoisotopic (exact) mass is 233 g/mol. The van der Waals surface area contributed by atoms with Gasteiger partial charge < -0.3 is 5.73 Å². The number of amides is 1. The van der Waals surface area contributed by atoms with Crippen molar-refractivity contribution in [3.63, 3.8) is 0 Å². The highest BCUT2D eigenvalue weighted by molar-refractivity contribution is 5.92. The minimum absolute atomic E-state index is 0.0174. The maximum atomic E-state index is 10.9. The molecule has 1 amide bonds. The summed E-state index contributed by atoms with van der Waals surface area (Å²) >= 11 is 0. The van der Waals surface area contributed by atoms with Crippen LogP contribution in [0.15, 0.2) is 30.5 Å². The molecule has 90 valence electrons. The molecule has 0 aromatic carbocycles. The van der Waals surface area contributed by atoms with Gasteiger partial charge >= 0.3 is 0 Å². The van der Waals surface area contributed by atoms with Crippen LogP contribution in [-0.4, -0.2) is 23.0 Å². The number of nitrogens with zero attached hydrogens (tertiary/aromatic N) is 2. The Morgan fingerprint density at radius 3 is 2.76 bits per heavy atom. The molecule has 0 radical (unpaired) electrons. The summed E-state index contributed by atoms with van der Waals surface area (Å²) in [7, 11) is 0. The van der Waals surface area contributed by atoms with Crippen LogP contribution in [0.5, 0.6) is 0 Å². The Morgan fingerprint density at radius 2 is 2.18 bits per heavy atom. The molecule has 0 spiro atoms. The number of carbonyl (C=O) groups is 1. The SMILES string of the molecule is CC1C=CC(C)N(c2ccc(C(N)=O)cn2)O1. The smallest absolute Gasteiger partial charge is 0.250 e. The van der Waals surface area contributed by atoms with E-state index in [2.05, 4.69) is 11.1 Å². The van der Waals surface area contributed by atoms with Gasteiger partial charge in [-0.1, -0.05) is 12.2 Å². The van der Waals surface area contributed by atoms with Gasteiger partial charge in [0.15, 0.2) is 5.82 Å². The summed E-state index contributed by atoms with van der Waals surface area (Å²) in [6.45, 7) is 3.96. The molecule has 0 bridgehead atoms. The lowest BCUT2D eigenvalue weighted by Gasteiger charge is -2.32. The largest absolute Gasteiger partial charge is 0.366 e. The van der Waals surface area contributed by atoms with Gasteiger partial charge in [-0.05, 0) is 26.0 Å². The van der Waals surface area contributed by atoms with Crippen LogP contribution in [0, 0.1) is 0 Å². The zero-order chi connectivity index (χ0) is 12.4. The highest BCUT2D eigenvalue weighted by Crippen LogP contribution is 2.20. The molecule has 1 aromatic rings. The second kappa shape index (κ2) is 4.55. The minimum Gasteiger partial charge on any atom is -0.366 e. The van der Waals surface area contributed by atoms with Crippen molar-refractivity contribution >= 4 is 11.7 Å². The fourth-order valence-corrected chi connectivity index (χ4v) is 1.63. The number of hydrogen-bond donors (Lipinski definition) is 1. The van der Waals surface area contributed by atoms with E-state index >= 15 is 0 Å². The lowest BCUT2D eigenvalue weighted by molar-refractivity contribution is 0.0532. The van der Waals surface area contributed by atoms with Crippen LogP contribution in [0.4, 0.5) is 5.82 Å². The van der Waals surface area contributed by atoms with E-state index in [1.54, 1.807) is 17.2 Å². The van der Waals surface area contributed by atoms with Crippen molar-refractivity contribution in [3.05, 3.63) is 36.0 Å². The first-order valence-electron chi connectivity index (χ1n) is 5.48. The molecule has 1 aliphatic rings. The van der Waals surface area contributed by atoms with E-state index in [0.29, 0.717) is 11.4 Å². The second-order valence-corrected chi connectivity index (χ2v) is 4.03. The van der Waals surface area contributed by atoms with Crippen molar-refractivity contribution in [2.45, 2.75) is 26.0 Å². The Bertz CT molecular complexity index is 442. The number of pyridine rings is 1. The summed E-state index contributed by atoms with van der Waals surface area (Å²) in [5.74, 6) is 0.184. The van der Waals surface area contributed by atoms with Gasteiger partial charge in [0, 0.05) is 6.20 Å². The standard InChI is InChI=1S/C12H15N3O2/c1-8-3-4-9(2)17-15(8)11-6-5-10(7-14-11)12(13)16/h3-9H,1-2H3,(H2,13,16). The molecule has 2 heterocycles. The zero-order valence-corrected chi connectivity index (χ0v) is 9.83. The van der Waals surface area contributed by atoms with Gasteiger partial charge in [-0.3, -0.25) is 9.63 Å². The van der Waals surface area contributed by atoms with Gasteiger partial charge in [-0.15, -0.1) is 0 Å². The average Bonchev–Trinajstić information content (AvgIpc) is 2.32. The molecule has 2 atom stereocenters. The number of aromatic nitrogens is 1. The van der Waals surface area contributed by atoms with E-state index in [-0.39, 0.29) is 12.1 Å². The fourth-order valence-electron chi connectivity index (χ4n) is 1.63. The number of hydrogen-bond acceptors (Lipinski definition) is 4. The van der Waals surface area contributed by atoms with E-state index in [9.17, 15) is 4.79 Å². The number of anilines is 1. The molecule has 0 aliphatic carbocycles. The molecular formula is C12H15N3O2. The molecule has 5 nitrogen and oxygen atoms in total. The molecule has 0 fully saturated rings. The molecule has 2 N–H and O–H groups in total. The van der Waals surface area contributed by atoms with Crippen molar-refractivity contribution < 1.29 is 9.63 Å². The first kappa shape index (κ1) is 11.6. The third-order valence-corrected chi connectivity index (χ3v) is 2.57. The van der Waals surface area contributed by atoms with Gasteiger partial charge in [-0.2, -0.15) is 0 Å². The summed E-state index contributed by atoms with van der Waals surface area (Å²) in [5, 5.41) is 1.72. The predicted molar refractivity (Wildman–Crippen MR) is 64.4 cm³/mol. The van der Waals surface area contributed by atoms with Crippen LogP contribution in [0.3, 0.4) is 0 Å². The Labute approximate surface area is 99.8 Å². The van der Waals surface area contributed by atoms with Crippen LogP contribution in [-0.2, 0) is 4.84 Å². The Hall–Kier alpha value is -1.88. The van der Waals surface area contributed by atoms with Gasteiger partial charge in [0.2, 0.25) is 5.91 Å². The fraction of sp³-hybridized carbons (Fsp3) is 0.333. The van der Waals surface area contributed by atoms with Crippen LogP contribution >= 0.6 is 0 Å². The number of rotatable bonds is 2. The van der Waals surface area contributed by atoms with E-state index in [0.717, 1.165) is 0 Å². The third-order valence-electron chi connectivity index (χ3n) is 2.57. The third kappa shape index (κ3) is 2.45. The maximum absolute atomic E-state index is 10.9.